The minimum atomic E-state index is -3.54. The minimum absolute atomic E-state index is 0.196. The van der Waals surface area contributed by atoms with Gasteiger partial charge in [0.2, 0.25) is 0 Å². The first-order valence-corrected chi connectivity index (χ1v) is 5.42. The topological polar surface area (TPSA) is 46.5 Å². The standard InChI is InChI=1S/C4H11O3PS/c1-3-4(2)7-8(5,6)9/h4H,3H2,1-2H3,(H2,5,6,9). The third kappa shape index (κ3) is 6.38. The molecule has 3 nitrogen and oxygen atoms in total. The molecule has 0 heterocycles. The van der Waals surface area contributed by atoms with Crippen LogP contribution >= 0.6 is 19.0 Å². The molecule has 0 aromatic heterocycles. The van der Waals surface area contributed by atoms with Crippen molar-refractivity contribution in [2.45, 2.75) is 26.4 Å². The molecule has 9 heavy (non-hydrogen) atoms. The second-order valence-corrected chi connectivity index (χ2v) is 4.52. The van der Waals surface area contributed by atoms with E-state index >= 15 is 0 Å². The van der Waals surface area contributed by atoms with Crippen LogP contribution in [-0.2, 0) is 9.09 Å². The van der Waals surface area contributed by atoms with Crippen LogP contribution in [0.3, 0.4) is 0 Å². The Balaban J connectivity index is 3.60. The maximum Gasteiger partial charge on any atom is 0.383 e. The molecular weight excluding hydrogens is 159 g/mol. The first-order valence-electron chi connectivity index (χ1n) is 2.69. The van der Waals surface area contributed by atoms with Crippen molar-refractivity contribution in [3.05, 3.63) is 0 Å². The van der Waals surface area contributed by atoms with Gasteiger partial charge in [-0.25, -0.2) is 4.57 Å². The first kappa shape index (κ1) is 9.50. The van der Waals surface area contributed by atoms with E-state index in [2.05, 4.69) is 16.8 Å². The van der Waals surface area contributed by atoms with E-state index in [-0.39, 0.29) is 6.10 Å². The van der Waals surface area contributed by atoms with Crippen LogP contribution in [0, 0.1) is 0 Å². The Bertz CT molecular complexity index is 121. The Morgan fingerprint density at radius 1 is 1.89 bits per heavy atom. The van der Waals surface area contributed by atoms with E-state index in [1.165, 1.54) is 0 Å². The summed E-state index contributed by atoms with van der Waals surface area (Å²) in [5, 5.41) is 0. The molecule has 0 aliphatic rings. The van der Waals surface area contributed by atoms with E-state index < -0.39 is 6.80 Å². The second-order valence-electron chi connectivity index (χ2n) is 1.81. The molecule has 0 bridgehead atoms. The molecule has 2 unspecified atom stereocenters. The smallest absolute Gasteiger partial charge is 0.317 e. The maximum atomic E-state index is 10.4. The van der Waals surface area contributed by atoms with Gasteiger partial charge in [0, 0.05) is 0 Å². The van der Waals surface area contributed by atoms with Gasteiger partial charge in [0.05, 0.1) is 6.10 Å². The molecule has 0 saturated heterocycles. The summed E-state index contributed by atoms with van der Waals surface area (Å²) in [6.07, 6.45) is 0.517. The van der Waals surface area contributed by atoms with Gasteiger partial charge in [0.25, 0.3) is 0 Å². The fraction of sp³-hybridized carbons (Fsp3) is 1.00. The lowest BCUT2D eigenvalue weighted by Crippen LogP contribution is -2.01. The van der Waals surface area contributed by atoms with Gasteiger partial charge in [-0.15, -0.1) is 0 Å². The quantitative estimate of drug-likeness (QED) is 0.501. The molecule has 56 valence electrons. The third-order valence-corrected chi connectivity index (χ3v) is 1.81. The molecule has 5 heteroatoms. The van der Waals surface area contributed by atoms with Crippen LogP contribution in [0.4, 0.5) is 0 Å². The predicted molar refractivity (Wildman–Crippen MR) is 39.6 cm³/mol. The fourth-order valence-corrected chi connectivity index (χ4v) is 1.41. The molecule has 0 fully saturated rings. The highest BCUT2D eigenvalue weighted by Gasteiger charge is 2.14. The highest BCUT2D eigenvalue weighted by Crippen LogP contribution is 2.48. The summed E-state index contributed by atoms with van der Waals surface area (Å²) in [5.74, 6) is 0. The van der Waals surface area contributed by atoms with Gasteiger partial charge in [-0.2, -0.15) is 0 Å². The van der Waals surface area contributed by atoms with E-state index in [0.29, 0.717) is 6.42 Å². The molecule has 0 spiro atoms. The van der Waals surface area contributed by atoms with Crippen LogP contribution in [0.25, 0.3) is 0 Å². The van der Waals surface area contributed by atoms with Crippen LogP contribution in [0.2, 0.25) is 0 Å². The number of hydrogen-bond acceptors (Lipinski definition) is 2. The van der Waals surface area contributed by atoms with E-state index in [1.54, 1.807) is 6.92 Å². The predicted octanol–water partition coefficient (Wildman–Crippen LogP) is 1.83. The van der Waals surface area contributed by atoms with Gasteiger partial charge in [0.1, 0.15) is 0 Å². The SMILES string of the molecule is CCC(C)OP(=O)(O)S. The molecule has 0 radical (unpaired) electrons. The molecule has 2 atom stereocenters. The molecule has 0 aromatic carbocycles. The van der Waals surface area contributed by atoms with Gasteiger partial charge in [-0.3, -0.25) is 4.52 Å². The van der Waals surface area contributed by atoms with Crippen molar-refractivity contribution in [1.82, 2.24) is 0 Å². The number of rotatable bonds is 3. The van der Waals surface area contributed by atoms with Gasteiger partial charge in [0.15, 0.2) is 0 Å². The summed E-state index contributed by atoms with van der Waals surface area (Å²) < 4.78 is 14.9. The summed E-state index contributed by atoms with van der Waals surface area (Å²) in [5.41, 5.74) is 0. The van der Waals surface area contributed by atoms with E-state index in [0.717, 1.165) is 0 Å². The van der Waals surface area contributed by atoms with E-state index in [1.807, 2.05) is 6.92 Å². The molecule has 0 rings (SSSR count). The Kier molecular flexibility index (Phi) is 3.82. The Labute approximate surface area is 60.1 Å². The van der Waals surface area contributed by atoms with Crippen molar-refractivity contribution in [3.63, 3.8) is 0 Å². The Hall–Kier alpha value is 0.500. The summed E-state index contributed by atoms with van der Waals surface area (Å²) in [7, 11) is 0. The Morgan fingerprint density at radius 3 is 2.44 bits per heavy atom. The summed E-state index contributed by atoms with van der Waals surface area (Å²) in [6, 6.07) is 0. The average molecular weight is 170 g/mol. The molecule has 0 aliphatic carbocycles. The van der Waals surface area contributed by atoms with Crippen LogP contribution in [0.1, 0.15) is 20.3 Å². The van der Waals surface area contributed by atoms with Crippen LogP contribution < -0.4 is 0 Å². The lowest BCUT2D eigenvalue weighted by molar-refractivity contribution is 0.197. The first-order chi connectivity index (χ1) is 3.95. The van der Waals surface area contributed by atoms with Crippen molar-refractivity contribution in [2.75, 3.05) is 0 Å². The van der Waals surface area contributed by atoms with Crippen molar-refractivity contribution >= 4 is 19.0 Å². The van der Waals surface area contributed by atoms with Gasteiger partial charge in [-0.1, -0.05) is 19.2 Å². The van der Waals surface area contributed by atoms with Crippen LogP contribution in [0.5, 0.6) is 0 Å². The fourth-order valence-electron chi connectivity index (χ4n) is 0.309. The minimum Gasteiger partial charge on any atom is -0.317 e. The van der Waals surface area contributed by atoms with Crippen molar-refractivity contribution in [2.24, 2.45) is 0 Å². The molecule has 0 aromatic rings. The number of hydrogen-bond donors (Lipinski definition) is 2. The number of thiol groups is 1. The second kappa shape index (κ2) is 3.62. The lowest BCUT2D eigenvalue weighted by atomic mass is 10.3. The van der Waals surface area contributed by atoms with E-state index in [9.17, 15) is 4.57 Å². The van der Waals surface area contributed by atoms with Crippen molar-refractivity contribution in [3.8, 4) is 0 Å². The summed E-state index contributed by atoms with van der Waals surface area (Å²) in [6.45, 7) is 0.0466. The summed E-state index contributed by atoms with van der Waals surface area (Å²) >= 11 is 3.34. The molecule has 1 N–H and O–H groups in total. The highest BCUT2D eigenvalue weighted by molar-refractivity contribution is 8.44. The molecular formula is C4H11O3PS. The zero-order valence-corrected chi connectivity index (χ0v) is 7.23. The zero-order chi connectivity index (χ0) is 7.49. The van der Waals surface area contributed by atoms with Crippen LogP contribution in [-0.4, -0.2) is 11.0 Å². The maximum absolute atomic E-state index is 10.4. The zero-order valence-electron chi connectivity index (χ0n) is 5.44. The van der Waals surface area contributed by atoms with Crippen molar-refractivity contribution in [1.29, 1.82) is 0 Å². The van der Waals surface area contributed by atoms with E-state index in [4.69, 9.17) is 4.89 Å². The normalized spacial score (nSPS) is 20.9. The largest absolute Gasteiger partial charge is 0.383 e. The highest BCUT2D eigenvalue weighted by atomic mass is 32.7. The van der Waals surface area contributed by atoms with Gasteiger partial charge in [-0.05, 0) is 13.3 Å². The van der Waals surface area contributed by atoms with Crippen molar-refractivity contribution < 1.29 is 14.0 Å². The molecule has 0 amide bonds. The monoisotopic (exact) mass is 170 g/mol. The third-order valence-electron chi connectivity index (χ3n) is 0.892. The van der Waals surface area contributed by atoms with Gasteiger partial charge < -0.3 is 4.89 Å². The average Bonchev–Trinajstić information content (AvgIpc) is 1.62. The van der Waals surface area contributed by atoms with Crippen LogP contribution in [0.15, 0.2) is 0 Å². The van der Waals surface area contributed by atoms with Gasteiger partial charge >= 0.3 is 6.80 Å². The molecule has 0 saturated carbocycles. The summed E-state index contributed by atoms with van der Waals surface area (Å²) in [4.78, 5) is 8.52. The lowest BCUT2D eigenvalue weighted by Gasteiger charge is -2.10. The molecule has 0 aliphatic heterocycles. The Morgan fingerprint density at radius 2 is 2.33 bits per heavy atom.